The van der Waals surface area contributed by atoms with Gasteiger partial charge in [-0.05, 0) is 147 Å². The molecule has 0 radical (unpaired) electrons. The van der Waals surface area contributed by atoms with Crippen molar-refractivity contribution in [2.24, 2.45) is 11.3 Å². The molecule has 0 spiro atoms. The Bertz CT molecular complexity index is 3730. The standard InChI is InChI=1S/C61H65ClN10O10S2/c1-61(2)21-19-41(48(33-61)39-9-11-42(62)12-10-39)37-69-25-27-70(28-26-69)43-13-15-46(52(31-43)82-44-30-40-20-22-63-56(40)65-35-44)57(74)67-84(80,81)45-14-16-49(51(32-45)72(78)79)64-34-38-6-4-23-68(36-38)24-5-29-83-53-8-3-7-47-55(53)60(77)71(59(47)76)50-17-18-54(73)66-58(50)75/h3,7-16,20,22,30-32,35,38,50,64H,4-6,17-19,21,23-29,33-34,36-37H2,1-2H3,(H,63,65)(H,67,74)(H,66,73,75). The Morgan fingerprint density at radius 3 is 2.52 bits per heavy atom. The largest absolute Gasteiger partial charge is 0.455 e. The lowest BCUT2D eigenvalue weighted by molar-refractivity contribution is -0.384. The summed E-state index contributed by atoms with van der Waals surface area (Å²) in [6.45, 7) is 11.2. The molecule has 2 atom stereocenters. The molecule has 6 heterocycles. The van der Waals surface area contributed by atoms with Crippen molar-refractivity contribution in [3.63, 3.8) is 0 Å². The maximum Gasteiger partial charge on any atom is 0.293 e. The van der Waals surface area contributed by atoms with Gasteiger partial charge in [-0.15, -0.1) is 11.8 Å². The number of thioether (sulfide) groups is 1. The molecule has 1 aliphatic carbocycles. The van der Waals surface area contributed by atoms with E-state index in [9.17, 15) is 42.5 Å². The van der Waals surface area contributed by atoms with Crippen LogP contribution in [0.15, 0.2) is 119 Å². The van der Waals surface area contributed by atoms with Gasteiger partial charge in [-0.3, -0.25) is 49.2 Å². The first-order chi connectivity index (χ1) is 40.4. The number of rotatable bonds is 19. The number of carbonyl (C=O) groups excluding carboxylic acids is 5. The Morgan fingerprint density at radius 1 is 0.929 bits per heavy atom. The summed E-state index contributed by atoms with van der Waals surface area (Å²) in [6, 6.07) is 24.3. The molecule has 23 heteroatoms. The first kappa shape index (κ1) is 58.2. The number of aromatic nitrogens is 2. The number of nitro groups is 1. The number of benzene rings is 4. The summed E-state index contributed by atoms with van der Waals surface area (Å²) in [5.74, 6) is -1.99. The van der Waals surface area contributed by atoms with Gasteiger partial charge in [0.2, 0.25) is 11.8 Å². The van der Waals surface area contributed by atoms with Gasteiger partial charge in [0.05, 0.1) is 32.7 Å². The van der Waals surface area contributed by atoms with E-state index in [-0.39, 0.29) is 52.3 Å². The molecule has 2 aromatic heterocycles. The number of hydrogen-bond acceptors (Lipinski definition) is 16. The number of pyridine rings is 1. The molecule has 3 saturated heterocycles. The predicted octanol–water partition coefficient (Wildman–Crippen LogP) is 9.53. The number of anilines is 2. The van der Waals surface area contributed by atoms with Crippen LogP contribution in [0, 0.1) is 21.4 Å². The van der Waals surface area contributed by atoms with Crippen LogP contribution >= 0.6 is 23.4 Å². The monoisotopic (exact) mass is 1200 g/mol. The number of hydrogen-bond donors (Lipinski definition) is 4. The van der Waals surface area contributed by atoms with Crippen LogP contribution in [0.1, 0.15) is 102 Å². The molecule has 5 aliphatic rings. The van der Waals surface area contributed by atoms with E-state index in [4.69, 9.17) is 16.3 Å². The number of sulfonamides is 1. The van der Waals surface area contributed by atoms with Crippen molar-refractivity contribution in [3.05, 3.63) is 146 Å². The fourth-order valence-corrected chi connectivity index (χ4v) is 14.2. The third-order valence-corrected chi connectivity index (χ3v) is 19.3. The maximum atomic E-state index is 14.2. The number of fused-ring (bicyclic) bond motifs is 2. The minimum atomic E-state index is -4.66. The zero-order valence-electron chi connectivity index (χ0n) is 46.7. The lowest BCUT2D eigenvalue weighted by Gasteiger charge is -2.39. The van der Waals surface area contributed by atoms with Gasteiger partial charge < -0.3 is 24.8 Å². The van der Waals surface area contributed by atoms with E-state index in [1.165, 1.54) is 52.9 Å². The SMILES string of the molecule is CC1(C)CCC(CN2CCN(c3ccc(C(=O)NS(=O)(=O)c4ccc(NCC5CCCN(CCCSc6cccc7c6C(=O)N(C6CCC(=O)NC6=O)C7=O)C5)c([N+](=O)[O-])c4)c(Oc4cnc5[nH]ccc5c4)c3)CC2)=C(c2ccc(Cl)cc2)C1. The Hall–Kier alpha value is -7.63. The molecule has 4 aromatic carbocycles. The van der Waals surface area contributed by atoms with Crippen molar-refractivity contribution >= 4 is 96.6 Å². The molecular weight excluding hydrogens is 1130 g/mol. The zero-order chi connectivity index (χ0) is 58.9. The smallest absolute Gasteiger partial charge is 0.293 e. The van der Waals surface area contributed by atoms with Crippen LogP contribution in [0.3, 0.4) is 0 Å². The third-order valence-electron chi connectivity index (χ3n) is 16.5. The fourth-order valence-electron chi connectivity index (χ4n) is 12.0. The van der Waals surface area contributed by atoms with Crippen LogP contribution in [0.25, 0.3) is 16.6 Å². The summed E-state index contributed by atoms with van der Waals surface area (Å²) in [7, 11) is -4.66. The topological polar surface area (TPSA) is 250 Å². The number of ether oxygens (including phenoxy) is 1. The van der Waals surface area contributed by atoms with Gasteiger partial charge in [0.15, 0.2) is 0 Å². The second kappa shape index (κ2) is 24.5. The summed E-state index contributed by atoms with van der Waals surface area (Å²) >= 11 is 7.73. The van der Waals surface area contributed by atoms with Crippen LogP contribution in [0.4, 0.5) is 17.1 Å². The molecule has 3 fully saturated rings. The normalized spacial score (nSPS) is 19.6. The van der Waals surface area contributed by atoms with Crippen LogP contribution in [-0.2, 0) is 19.6 Å². The van der Waals surface area contributed by atoms with E-state index in [0.29, 0.717) is 53.2 Å². The Labute approximate surface area is 495 Å². The van der Waals surface area contributed by atoms with E-state index >= 15 is 0 Å². The number of likely N-dealkylation sites (tertiary alicyclic amines) is 1. The highest BCUT2D eigenvalue weighted by Gasteiger charge is 2.46. The van der Waals surface area contributed by atoms with E-state index in [1.54, 1.807) is 42.6 Å². The molecule has 438 valence electrons. The van der Waals surface area contributed by atoms with Gasteiger partial charge in [0.1, 0.15) is 28.9 Å². The van der Waals surface area contributed by atoms with E-state index < -0.39 is 61.1 Å². The van der Waals surface area contributed by atoms with E-state index in [1.807, 2.05) is 18.2 Å². The average Bonchev–Trinajstić information content (AvgIpc) is 3.21. The number of aromatic amines is 1. The molecule has 84 heavy (non-hydrogen) atoms. The summed E-state index contributed by atoms with van der Waals surface area (Å²) in [4.78, 5) is 92.9. The summed E-state index contributed by atoms with van der Waals surface area (Å²) < 4.78 is 36.5. The lowest BCUT2D eigenvalue weighted by Crippen LogP contribution is -2.54. The molecule has 0 saturated carbocycles. The minimum Gasteiger partial charge on any atom is -0.455 e. The molecular formula is C61H65ClN10O10S2. The van der Waals surface area contributed by atoms with Crippen molar-refractivity contribution in [1.29, 1.82) is 0 Å². The number of nitro benzene ring substituents is 1. The molecule has 4 aliphatic heterocycles. The summed E-state index contributed by atoms with van der Waals surface area (Å²) in [5, 5.41) is 19.4. The quantitative estimate of drug-likeness (QED) is 0.0194. The number of piperidine rings is 2. The van der Waals surface area contributed by atoms with Crippen molar-refractivity contribution < 1.29 is 42.1 Å². The molecule has 4 N–H and O–H groups in total. The van der Waals surface area contributed by atoms with Gasteiger partial charge in [0.25, 0.3) is 33.4 Å². The molecule has 5 amide bonds. The van der Waals surface area contributed by atoms with Crippen LogP contribution < -0.4 is 25.0 Å². The minimum absolute atomic E-state index is 0.0385. The van der Waals surface area contributed by atoms with Crippen LogP contribution in [0.2, 0.25) is 5.02 Å². The Morgan fingerprint density at radius 2 is 1.74 bits per heavy atom. The van der Waals surface area contributed by atoms with Gasteiger partial charge >= 0.3 is 0 Å². The molecule has 0 bridgehead atoms. The van der Waals surface area contributed by atoms with E-state index in [2.05, 4.69) is 66.0 Å². The summed E-state index contributed by atoms with van der Waals surface area (Å²) in [6.07, 6.45) is 9.04. The number of nitrogens with zero attached hydrogens (tertiary/aromatic N) is 6. The first-order valence-corrected chi connectivity index (χ1v) is 31.2. The van der Waals surface area contributed by atoms with Crippen molar-refractivity contribution in [2.45, 2.75) is 81.0 Å². The highest BCUT2D eigenvalue weighted by Crippen LogP contribution is 2.44. The predicted molar refractivity (Wildman–Crippen MR) is 321 cm³/mol. The number of nitrogens with one attached hydrogen (secondary N) is 4. The zero-order valence-corrected chi connectivity index (χ0v) is 49.0. The van der Waals surface area contributed by atoms with E-state index in [0.717, 1.165) is 93.3 Å². The molecule has 11 rings (SSSR count). The number of halogens is 1. The van der Waals surface area contributed by atoms with Crippen molar-refractivity contribution in [3.8, 4) is 11.5 Å². The summed E-state index contributed by atoms with van der Waals surface area (Å²) in [5.41, 5.74) is 5.78. The second-order valence-corrected chi connectivity index (χ2v) is 26.2. The Balaban J connectivity index is 0.714. The van der Waals surface area contributed by atoms with Gasteiger partial charge in [-0.1, -0.05) is 49.2 Å². The average molecular weight is 1200 g/mol. The number of allylic oxidation sites excluding steroid dienone is 1. The number of H-pyrrole nitrogens is 1. The lowest BCUT2D eigenvalue weighted by atomic mass is 9.72. The number of imide groups is 2. The highest BCUT2D eigenvalue weighted by atomic mass is 35.5. The third kappa shape index (κ3) is 12.9. The first-order valence-electron chi connectivity index (χ1n) is 28.3. The fraction of sp³-hybridized carbons (Fsp3) is 0.377. The van der Waals surface area contributed by atoms with Crippen LogP contribution in [0.5, 0.6) is 11.5 Å². The number of carbonyl (C=O) groups is 5. The number of amides is 5. The van der Waals surface area contributed by atoms with Gasteiger partial charge in [-0.2, -0.15) is 0 Å². The highest BCUT2D eigenvalue weighted by molar-refractivity contribution is 7.99. The molecule has 20 nitrogen and oxygen atoms in total. The molecule has 6 aromatic rings. The number of piperazine rings is 1. The van der Waals surface area contributed by atoms with Crippen molar-refractivity contribution in [2.75, 3.05) is 74.9 Å². The van der Waals surface area contributed by atoms with Gasteiger partial charge in [0, 0.05) is 91.6 Å². The molecule has 2 unspecified atom stereocenters. The Kier molecular flexibility index (Phi) is 17.0. The second-order valence-electron chi connectivity index (χ2n) is 23.0. The van der Waals surface area contributed by atoms with Crippen LogP contribution in [-0.4, -0.2) is 138 Å². The van der Waals surface area contributed by atoms with Crippen molar-refractivity contribution in [1.82, 2.24) is 34.7 Å². The maximum absolute atomic E-state index is 14.2. The van der Waals surface area contributed by atoms with Gasteiger partial charge in [-0.25, -0.2) is 18.1 Å².